The van der Waals surface area contributed by atoms with Crippen LogP contribution < -0.4 is 10.1 Å². The SMILES string of the molecule is COc1cc([N+](=O)[O-])ccc1C(=O)NCC1CCC(Br)C1. The minimum atomic E-state index is -0.515. The predicted octanol–water partition coefficient (Wildman–Crippen LogP) is 2.90. The number of carbonyl (C=O) groups excluding carboxylic acids is 1. The van der Waals surface area contributed by atoms with E-state index in [4.69, 9.17) is 4.74 Å². The predicted molar refractivity (Wildman–Crippen MR) is 82.0 cm³/mol. The van der Waals surface area contributed by atoms with Crippen molar-refractivity contribution in [3.05, 3.63) is 33.9 Å². The molecule has 0 aromatic heterocycles. The largest absolute Gasteiger partial charge is 0.496 e. The number of non-ortho nitro benzene ring substituents is 1. The Morgan fingerprint density at radius 2 is 2.29 bits per heavy atom. The zero-order chi connectivity index (χ0) is 15.4. The summed E-state index contributed by atoms with van der Waals surface area (Å²) in [5.74, 6) is 0.425. The zero-order valence-electron chi connectivity index (χ0n) is 11.7. The van der Waals surface area contributed by atoms with Gasteiger partial charge in [0.15, 0.2) is 0 Å². The number of benzene rings is 1. The van der Waals surface area contributed by atoms with Crippen molar-refractivity contribution in [2.75, 3.05) is 13.7 Å². The van der Waals surface area contributed by atoms with Crippen LogP contribution in [0.5, 0.6) is 5.75 Å². The highest BCUT2D eigenvalue weighted by Gasteiger charge is 2.23. The quantitative estimate of drug-likeness (QED) is 0.499. The molecule has 21 heavy (non-hydrogen) atoms. The summed E-state index contributed by atoms with van der Waals surface area (Å²) in [7, 11) is 1.39. The van der Waals surface area contributed by atoms with Crippen LogP contribution in [0.2, 0.25) is 0 Å². The van der Waals surface area contributed by atoms with Gasteiger partial charge in [0.2, 0.25) is 0 Å². The molecule has 1 saturated carbocycles. The van der Waals surface area contributed by atoms with E-state index in [0.717, 1.165) is 19.3 Å². The Labute approximate surface area is 131 Å². The molecule has 7 heteroatoms. The van der Waals surface area contributed by atoms with Crippen LogP contribution in [0.25, 0.3) is 0 Å². The molecule has 2 rings (SSSR count). The van der Waals surface area contributed by atoms with Gasteiger partial charge in [0.05, 0.1) is 23.7 Å². The maximum absolute atomic E-state index is 12.2. The fourth-order valence-electron chi connectivity index (χ4n) is 2.51. The Morgan fingerprint density at radius 1 is 1.52 bits per heavy atom. The number of halogens is 1. The molecule has 6 nitrogen and oxygen atoms in total. The summed E-state index contributed by atoms with van der Waals surface area (Å²) in [6, 6.07) is 3.99. The lowest BCUT2D eigenvalue weighted by atomic mass is 10.1. The highest BCUT2D eigenvalue weighted by atomic mass is 79.9. The van der Waals surface area contributed by atoms with Gasteiger partial charge < -0.3 is 10.1 Å². The van der Waals surface area contributed by atoms with E-state index in [9.17, 15) is 14.9 Å². The van der Waals surface area contributed by atoms with Gasteiger partial charge in [-0.05, 0) is 31.2 Å². The summed E-state index contributed by atoms with van der Waals surface area (Å²) >= 11 is 3.58. The number of nitrogens with one attached hydrogen (secondary N) is 1. The number of ether oxygens (including phenoxy) is 1. The van der Waals surface area contributed by atoms with Gasteiger partial charge in [-0.3, -0.25) is 14.9 Å². The third-order valence-electron chi connectivity index (χ3n) is 3.67. The van der Waals surface area contributed by atoms with Gasteiger partial charge in [-0.15, -0.1) is 0 Å². The fourth-order valence-corrected chi connectivity index (χ4v) is 3.31. The van der Waals surface area contributed by atoms with Gasteiger partial charge in [-0.1, -0.05) is 15.9 Å². The lowest BCUT2D eigenvalue weighted by molar-refractivity contribution is -0.384. The highest BCUT2D eigenvalue weighted by Crippen LogP contribution is 2.30. The second kappa shape index (κ2) is 6.89. The van der Waals surface area contributed by atoms with Crippen molar-refractivity contribution in [3.63, 3.8) is 0 Å². The van der Waals surface area contributed by atoms with Crippen LogP contribution in [0.4, 0.5) is 5.69 Å². The van der Waals surface area contributed by atoms with E-state index in [0.29, 0.717) is 22.9 Å². The minimum Gasteiger partial charge on any atom is -0.496 e. The van der Waals surface area contributed by atoms with Crippen molar-refractivity contribution in [2.24, 2.45) is 5.92 Å². The van der Waals surface area contributed by atoms with E-state index in [-0.39, 0.29) is 17.3 Å². The molecule has 0 aliphatic heterocycles. The van der Waals surface area contributed by atoms with Crippen LogP contribution in [-0.2, 0) is 0 Å². The molecule has 0 radical (unpaired) electrons. The number of methoxy groups -OCH3 is 1. The molecule has 2 unspecified atom stereocenters. The lowest BCUT2D eigenvalue weighted by Crippen LogP contribution is -2.28. The average Bonchev–Trinajstić information content (AvgIpc) is 2.89. The van der Waals surface area contributed by atoms with Crippen molar-refractivity contribution >= 4 is 27.5 Å². The number of rotatable bonds is 5. The first kappa shape index (κ1) is 15.8. The lowest BCUT2D eigenvalue weighted by Gasteiger charge is -2.12. The van der Waals surface area contributed by atoms with Crippen LogP contribution in [0.15, 0.2) is 18.2 Å². The summed E-state index contributed by atoms with van der Waals surface area (Å²) in [5, 5.41) is 13.6. The summed E-state index contributed by atoms with van der Waals surface area (Å²) in [6.07, 6.45) is 3.27. The van der Waals surface area contributed by atoms with Gasteiger partial charge in [0, 0.05) is 17.4 Å². The van der Waals surface area contributed by atoms with Crippen molar-refractivity contribution in [2.45, 2.75) is 24.1 Å². The second-order valence-electron chi connectivity index (χ2n) is 5.13. The molecule has 1 aliphatic rings. The number of hydrogen-bond acceptors (Lipinski definition) is 4. The molecule has 1 aromatic carbocycles. The third-order valence-corrected chi connectivity index (χ3v) is 4.50. The molecule has 2 atom stereocenters. The monoisotopic (exact) mass is 356 g/mol. The van der Waals surface area contributed by atoms with Crippen molar-refractivity contribution in [1.29, 1.82) is 0 Å². The Morgan fingerprint density at radius 3 is 2.86 bits per heavy atom. The molecule has 0 heterocycles. The number of hydrogen-bond donors (Lipinski definition) is 1. The van der Waals surface area contributed by atoms with Crippen molar-refractivity contribution < 1.29 is 14.5 Å². The highest BCUT2D eigenvalue weighted by molar-refractivity contribution is 9.09. The van der Waals surface area contributed by atoms with E-state index in [2.05, 4.69) is 21.2 Å². The van der Waals surface area contributed by atoms with E-state index < -0.39 is 4.92 Å². The molecule has 1 aromatic rings. The Hall–Kier alpha value is -1.63. The van der Waals surface area contributed by atoms with E-state index in [1.54, 1.807) is 0 Å². The number of amides is 1. The summed E-state index contributed by atoms with van der Waals surface area (Å²) in [6.45, 7) is 0.612. The van der Waals surface area contributed by atoms with Crippen LogP contribution in [-0.4, -0.2) is 29.3 Å². The van der Waals surface area contributed by atoms with Crippen LogP contribution in [0.3, 0.4) is 0 Å². The fraction of sp³-hybridized carbons (Fsp3) is 0.500. The molecule has 0 spiro atoms. The smallest absolute Gasteiger partial charge is 0.273 e. The number of nitro groups is 1. The van der Waals surface area contributed by atoms with Crippen molar-refractivity contribution in [3.8, 4) is 5.75 Å². The average molecular weight is 357 g/mol. The zero-order valence-corrected chi connectivity index (χ0v) is 13.3. The maximum atomic E-state index is 12.2. The molecule has 1 amide bonds. The van der Waals surface area contributed by atoms with Crippen LogP contribution in [0.1, 0.15) is 29.6 Å². The van der Waals surface area contributed by atoms with Gasteiger partial charge >= 0.3 is 0 Å². The van der Waals surface area contributed by atoms with Crippen LogP contribution in [0, 0.1) is 16.0 Å². The van der Waals surface area contributed by atoms with E-state index in [1.165, 1.54) is 25.3 Å². The second-order valence-corrected chi connectivity index (χ2v) is 6.42. The summed E-state index contributed by atoms with van der Waals surface area (Å²) < 4.78 is 5.07. The van der Waals surface area contributed by atoms with E-state index in [1.807, 2.05) is 0 Å². The van der Waals surface area contributed by atoms with Gasteiger partial charge in [0.25, 0.3) is 11.6 Å². The summed E-state index contributed by atoms with van der Waals surface area (Å²) in [4.78, 5) is 22.9. The third kappa shape index (κ3) is 3.93. The minimum absolute atomic E-state index is 0.0960. The number of nitrogens with zero attached hydrogens (tertiary/aromatic N) is 1. The molecular formula is C14H17BrN2O4. The van der Waals surface area contributed by atoms with Gasteiger partial charge in [-0.25, -0.2) is 0 Å². The molecule has 1 fully saturated rings. The molecule has 0 saturated heterocycles. The summed E-state index contributed by atoms with van der Waals surface area (Å²) in [5.41, 5.74) is 0.220. The molecule has 1 aliphatic carbocycles. The number of alkyl halides is 1. The topological polar surface area (TPSA) is 81.5 Å². The first-order chi connectivity index (χ1) is 10.0. The first-order valence-electron chi connectivity index (χ1n) is 6.76. The standard InChI is InChI=1S/C14H17BrN2O4/c1-21-13-7-11(17(19)20)4-5-12(13)14(18)16-8-9-2-3-10(15)6-9/h4-5,7,9-10H,2-3,6,8H2,1H3,(H,16,18). The molecular weight excluding hydrogens is 340 g/mol. The van der Waals surface area contributed by atoms with Gasteiger partial charge in [-0.2, -0.15) is 0 Å². The molecule has 114 valence electrons. The first-order valence-corrected chi connectivity index (χ1v) is 7.67. The number of nitro benzene ring substituents is 1. The van der Waals surface area contributed by atoms with Gasteiger partial charge in [0.1, 0.15) is 5.75 Å². The van der Waals surface area contributed by atoms with Crippen molar-refractivity contribution in [1.82, 2.24) is 5.32 Å². The molecule has 0 bridgehead atoms. The van der Waals surface area contributed by atoms with E-state index >= 15 is 0 Å². The van der Waals surface area contributed by atoms with Crippen LogP contribution >= 0.6 is 15.9 Å². The number of carbonyl (C=O) groups is 1. The normalized spacial score (nSPS) is 21.0. The Balaban J connectivity index is 2.03. The Kier molecular flexibility index (Phi) is 5.17. The maximum Gasteiger partial charge on any atom is 0.273 e. The molecule has 1 N–H and O–H groups in total. The Bertz CT molecular complexity index is 550.